The summed E-state index contributed by atoms with van der Waals surface area (Å²) in [5, 5.41) is 11.8. The number of nitrogens with zero attached hydrogens (tertiary/aromatic N) is 1. The van der Waals surface area contributed by atoms with Gasteiger partial charge in [-0.15, -0.1) is 0 Å². The van der Waals surface area contributed by atoms with E-state index in [1.54, 1.807) is 27.0 Å². The number of hydrogen-bond donors (Lipinski definition) is 1. The highest BCUT2D eigenvalue weighted by Crippen LogP contribution is 2.55. The third-order valence-corrected chi connectivity index (χ3v) is 9.70. The molecule has 46 heavy (non-hydrogen) atoms. The number of carbonyl (C=O) groups excluding carboxylic acids is 3. The summed E-state index contributed by atoms with van der Waals surface area (Å²) in [4.78, 5) is 41.4. The minimum Gasteiger partial charge on any atom is -0.497 e. The minimum atomic E-state index is -2.21. The highest BCUT2D eigenvalue weighted by Gasteiger charge is 2.59. The lowest BCUT2D eigenvalue weighted by atomic mass is 9.77. The number of ether oxygens (including phenoxy) is 6. The fraction of sp³-hybridized carbons (Fsp3) is 0.559. The maximum atomic E-state index is 14.1. The summed E-state index contributed by atoms with van der Waals surface area (Å²) < 4.78 is 39.1. The molecule has 0 saturated carbocycles. The van der Waals surface area contributed by atoms with Crippen LogP contribution in [0.1, 0.15) is 80.0 Å². The first-order valence-corrected chi connectivity index (χ1v) is 15.7. The Balaban J connectivity index is 1.25. The van der Waals surface area contributed by atoms with Gasteiger partial charge < -0.3 is 37.9 Å². The lowest BCUT2D eigenvalue weighted by molar-refractivity contribution is -0.178. The van der Waals surface area contributed by atoms with Crippen molar-refractivity contribution < 1.29 is 52.3 Å². The molecule has 1 fully saturated rings. The molecule has 4 atom stereocenters. The van der Waals surface area contributed by atoms with Crippen molar-refractivity contribution in [2.75, 3.05) is 34.1 Å². The Kier molecular flexibility index (Phi) is 8.53. The first-order chi connectivity index (χ1) is 22.0. The van der Waals surface area contributed by atoms with E-state index in [0.717, 1.165) is 43.5 Å². The van der Waals surface area contributed by atoms with Gasteiger partial charge in [-0.1, -0.05) is 0 Å². The molecule has 248 valence electrons. The van der Waals surface area contributed by atoms with Gasteiger partial charge in [-0.3, -0.25) is 9.69 Å². The van der Waals surface area contributed by atoms with Crippen molar-refractivity contribution in [3.8, 4) is 11.5 Å². The lowest BCUT2D eigenvalue weighted by Crippen LogP contribution is -2.49. The van der Waals surface area contributed by atoms with E-state index in [1.165, 1.54) is 19.4 Å². The van der Waals surface area contributed by atoms with Crippen molar-refractivity contribution in [2.24, 2.45) is 0 Å². The number of hydrogen-bond acceptors (Lipinski definition) is 12. The molecule has 1 aliphatic carbocycles. The minimum absolute atomic E-state index is 0.0696. The van der Waals surface area contributed by atoms with Crippen molar-refractivity contribution in [3.63, 3.8) is 0 Å². The zero-order valence-corrected chi connectivity index (χ0v) is 26.7. The highest BCUT2D eigenvalue weighted by molar-refractivity contribution is 5.87. The molecule has 0 radical (unpaired) electrons. The molecule has 0 unspecified atom stereocenters. The number of benzene rings is 1. The SMILES string of the molecule is COC(=O)C[C@](O)(CCCC(C)(C)OC(=O)c1ccco1)C(=O)O[C@@H]1C(OC)=C[C@]23CCCN2CCc2cc4c(cc2[C@H]13)OCO4. The van der Waals surface area contributed by atoms with Gasteiger partial charge in [-0.2, -0.15) is 0 Å². The molecule has 2 aromatic rings. The molecule has 1 aromatic carbocycles. The summed E-state index contributed by atoms with van der Waals surface area (Å²) >= 11 is 0. The Morgan fingerprint density at radius 1 is 1.11 bits per heavy atom. The van der Waals surface area contributed by atoms with Gasteiger partial charge in [0.2, 0.25) is 12.6 Å². The standard InChI is InChI=1S/C34H41NO11/c1-32(2,46-30(37)23-8-5-15-42-23)10-6-12-34(39,19-27(36)41-4)31(38)45-29-26(40-3)18-33-11-7-13-35(33)14-9-21-16-24-25(44-20-43-24)17-22(21)28(29)33/h5,8,15-18,28-29,39H,6-7,9-14,19-20H2,1-4H3/t28-,29-,33+,34-/m1/s1. The van der Waals surface area contributed by atoms with E-state index in [4.69, 9.17) is 32.8 Å². The summed E-state index contributed by atoms with van der Waals surface area (Å²) in [7, 11) is 2.74. The van der Waals surface area contributed by atoms with Gasteiger partial charge in [0, 0.05) is 6.54 Å². The zero-order valence-electron chi connectivity index (χ0n) is 26.7. The Labute approximate surface area is 267 Å². The Bertz CT molecular complexity index is 1510. The molecular weight excluding hydrogens is 598 g/mol. The Hall–Kier alpha value is -4.03. The molecule has 12 heteroatoms. The summed E-state index contributed by atoms with van der Waals surface area (Å²) in [6, 6.07) is 7.08. The number of furan rings is 1. The van der Waals surface area contributed by atoms with Gasteiger partial charge in [-0.05, 0) is 100 Å². The molecule has 0 amide bonds. The molecule has 1 spiro atoms. The maximum absolute atomic E-state index is 14.1. The molecule has 12 nitrogen and oxygen atoms in total. The highest BCUT2D eigenvalue weighted by atomic mass is 16.7. The largest absolute Gasteiger partial charge is 0.497 e. The molecule has 3 aliphatic heterocycles. The fourth-order valence-electron chi connectivity index (χ4n) is 7.45. The van der Waals surface area contributed by atoms with E-state index in [2.05, 4.69) is 11.0 Å². The predicted molar refractivity (Wildman–Crippen MR) is 161 cm³/mol. The van der Waals surface area contributed by atoms with Crippen molar-refractivity contribution in [1.82, 2.24) is 4.90 Å². The molecule has 4 aliphatic rings. The van der Waals surface area contributed by atoms with E-state index >= 15 is 0 Å². The molecule has 1 aromatic heterocycles. The van der Waals surface area contributed by atoms with E-state index in [0.29, 0.717) is 17.3 Å². The molecule has 4 heterocycles. The van der Waals surface area contributed by atoms with Crippen LogP contribution in [0.2, 0.25) is 0 Å². The van der Waals surface area contributed by atoms with Crippen molar-refractivity contribution in [3.05, 3.63) is 59.3 Å². The number of esters is 3. The second-order valence-corrected chi connectivity index (χ2v) is 13.1. The number of carbonyl (C=O) groups is 3. The fourth-order valence-corrected chi connectivity index (χ4v) is 7.45. The van der Waals surface area contributed by atoms with E-state index in [1.807, 2.05) is 12.1 Å². The zero-order chi connectivity index (χ0) is 32.7. The van der Waals surface area contributed by atoms with Crippen LogP contribution in [-0.2, 0) is 35.0 Å². The third-order valence-electron chi connectivity index (χ3n) is 9.70. The second-order valence-electron chi connectivity index (χ2n) is 13.1. The quantitative estimate of drug-likeness (QED) is 0.280. The van der Waals surface area contributed by atoms with Gasteiger partial charge in [0.05, 0.1) is 38.4 Å². The maximum Gasteiger partial charge on any atom is 0.374 e. The van der Waals surface area contributed by atoms with Gasteiger partial charge in [0.15, 0.2) is 23.2 Å². The van der Waals surface area contributed by atoms with Gasteiger partial charge >= 0.3 is 17.9 Å². The normalized spacial score (nSPS) is 24.5. The van der Waals surface area contributed by atoms with Crippen LogP contribution in [0.4, 0.5) is 0 Å². The number of aliphatic hydroxyl groups is 1. The van der Waals surface area contributed by atoms with E-state index in [-0.39, 0.29) is 37.7 Å². The number of rotatable bonds is 11. The van der Waals surface area contributed by atoms with Crippen LogP contribution in [0, 0.1) is 0 Å². The van der Waals surface area contributed by atoms with Gasteiger partial charge in [-0.25, -0.2) is 9.59 Å². The lowest BCUT2D eigenvalue weighted by Gasteiger charge is -2.39. The van der Waals surface area contributed by atoms with Gasteiger partial charge in [0.25, 0.3) is 0 Å². The first-order valence-electron chi connectivity index (χ1n) is 15.7. The van der Waals surface area contributed by atoms with Crippen molar-refractivity contribution >= 4 is 17.9 Å². The summed E-state index contributed by atoms with van der Waals surface area (Å²) in [6.45, 7) is 5.28. The van der Waals surface area contributed by atoms with Crippen LogP contribution in [0.25, 0.3) is 0 Å². The molecule has 1 N–H and O–H groups in total. The van der Waals surface area contributed by atoms with E-state index in [9.17, 15) is 19.5 Å². The Morgan fingerprint density at radius 3 is 2.61 bits per heavy atom. The summed E-state index contributed by atoms with van der Waals surface area (Å²) in [6.07, 6.45) is 4.93. The van der Waals surface area contributed by atoms with Crippen LogP contribution in [0.5, 0.6) is 11.5 Å². The average molecular weight is 640 g/mol. The molecule has 1 saturated heterocycles. The van der Waals surface area contributed by atoms with Crippen LogP contribution >= 0.6 is 0 Å². The second kappa shape index (κ2) is 12.3. The number of methoxy groups -OCH3 is 2. The van der Waals surface area contributed by atoms with Crippen LogP contribution < -0.4 is 9.47 Å². The smallest absolute Gasteiger partial charge is 0.374 e. The third kappa shape index (κ3) is 5.84. The first kappa shape index (κ1) is 31.9. The van der Waals surface area contributed by atoms with Gasteiger partial charge in [0.1, 0.15) is 11.4 Å². The molecule has 0 bridgehead atoms. The molecule has 6 rings (SSSR count). The predicted octanol–water partition coefficient (Wildman–Crippen LogP) is 4.04. The Morgan fingerprint density at radius 2 is 1.89 bits per heavy atom. The van der Waals surface area contributed by atoms with E-state index < -0.39 is 47.2 Å². The van der Waals surface area contributed by atoms with Crippen LogP contribution in [0.15, 0.2) is 46.8 Å². The summed E-state index contributed by atoms with van der Waals surface area (Å²) in [5.74, 6) is -0.807. The van der Waals surface area contributed by atoms with Crippen LogP contribution in [-0.4, -0.2) is 84.9 Å². The monoisotopic (exact) mass is 639 g/mol. The van der Waals surface area contributed by atoms with Crippen molar-refractivity contribution in [1.29, 1.82) is 0 Å². The topological polar surface area (TPSA) is 143 Å². The summed E-state index contributed by atoms with van der Waals surface area (Å²) in [5.41, 5.74) is -1.57. The molecular formula is C34H41NO11. The van der Waals surface area contributed by atoms with Crippen LogP contribution in [0.3, 0.4) is 0 Å². The number of fused-ring (bicyclic) bond motifs is 3. The van der Waals surface area contributed by atoms with Crippen molar-refractivity contribution in [2.45, 2.75) is 87.6 Å². The average Bonchev–Trinajstić information content (AvgIpc) is 3.82.